The molecule has 0 unspecified atom stereocenters. The highest BCUT2D eigenvalue weighted by atomic mass is 35.5. The highest BCUT2D eigenvalue weighted by Crippen LogP contribution is 2.26. The van der Waals surface area contributed by atoms with Gasteiger partial charge in [-0.1, -0.05) is 23.7 Å². The molecule has 0 aromatic heterocycles. The minimum atomic E-state index is -0.0681. The quantitative estimate of drug-likeness (QED) is 0.841. The zero-order chi connectivity index (χ0) is 16.2. The highest BCUT2D eigenvalue weighted by Gasteiger charge is 2.29. The molecule has 0 bridgehead atoms. The number of morpholine rings is 1. The number of benzene rings is 1. The third-order valence-electron chi connectivity index (χ3n) is 4.74. The van der Waals surface area contributed by atoms with Crippen LogP contribution in [0.15, 0.2) is 24.3 Å². The number of anilines is 1. The molecule has 0 radical (unpaired) electrons. The molecule has 3 rings (SSSR count). The normalized spacial score (nSPS) is 21.3. The first kappa shape index (κ1) is 16.6. The summed E-state index contributed by atoms with van der Waals surface area (Å²) in [6.45, 7) is 8.28. The van der Waals surface area contributed by atoms with Crippen LogP contribution in [0.4, 0.5) is 5.69 Å². The van der Waals surface area contributed by atoms with Gasteiger partial charge in [0.15, 0.2) is 0 Å². The molecule has 1 atom stereocenters. The molecule has 1 aromatic rings. The van der Waals surface area contributed by atoms with E-state index in [1.54, 1.807) is 0 Å². The van der Waals surface area contributed by atoms with Crippen LogP contribution in [0.1, 0.15) is 6.92 Å². The smallest absolute Gasteiger partial charge is 0.239 e. The summed E-state index contributed by atoms with van der Waals surface area (Å²) in [7, 11) is 0. The van der Waals surface area contributed by atoms with E-state index < -0.39 is 0 Å². The largest absolute Gasteiger partial charge is 0.378 e. The van der Waals surface area contributed by atoms with E-state index in [9.17, 15) is 4.79 Å². The van der Waals surface area contributed by atoms with Gasteiger partial charge in [0, 0.05) is 39.3 Å². The van der Waals surface area contributed by atoms with Gasteiger partial charge >= 0.3 is 0 Å². The maximum atomic E-state index is 12.6. The Morgan fingerprint density at radius 1 is 1.09 bits per heavy atom. The highest BCUT2D eigenvalue weighted by molar-refractivity contribution is 6.33. The summed E-state index contributed by atoms with van der Waals surface area (Å²) in [4.78, 5) is 19.1. The van der Waals surface area contributed by atoms with Crippen LogP contribution in [0, 0.1) is 0 Å². The van der Waals surface area contributed by atoms with Crippen LogP contribution >= 0.6 is 11.6 Å². The molecule has 2 saturated heterocycles. The zero-order valence-electron chi connectivity index (χ0n) is 13.6. The van der Waals surface area contributed by atoms with E-state index >= 15 is 0 Å². The van der Waals surface area contributed by atoms with Crippen molar-refractivity contribution >= 4 is 23.2 Å². The number of piperazine rings is 1. The summed E-state index contributed by atoms with van der Waals surface area (Å²) in [5.41, 5.74) is 1.08. The lowest BCUT2D eigenvalue weighted by molar-refractivity contribution is -0.140. The fourth-order valence-corrected chi connectivity index (χ4v) is 3.52. The second-order valence-corrected chi connectivity index (χ2v) is 6.50. The summed E-state index contributed by atoms with van der Waals surface area (Å²) in [6.07, 6.45) is 0. The van der Waals surface area contributed by atoms with Gasteiger partial charge in [-0.25, -0.2) is 0 Å². The predicted octanol–water partition coefficient (Wildman–Crippen LogP) is 1.71. The van der Waals surface area contributed by atoms with E-state index in [1.165, 1.54) is 0 Å². The molecule has 6 heteroatoms. The van der Waals surface area contributed by atoms with Crippen molar-refractivity contribution in [2.24, 2.45) is 0 Å². The van der Waals surface area contributed by atoms with Crippen LogP contribution in [0.2, 0.25) is 5.02 Å². The molecular weight excluding hydrogens is 314 g/mol. The van der Waals surface area contributed by atoms with Crippen LogP contribution in [0.5, 0.6) is 0 Å². The molecule has 2 aliphatic rings. The molecule has 2 fully saturated rings. The number of nitrogens with zero attached hydrogens (tertiary/aromatic N) is 3. The molecule has 0 saturated carbocycles. The Labute approximate surface area is 142 Å². The summed E-state index contributed by atoms with van der Waals surface area (Å²) < 4.78 is 5.32. The fourth-order valence-electron chi connectivity index (χ4n) is 3.26. The van der Waals surface area contributed by atoms with Crippen LogP contribution in [-0.2, 0) is 9.53 Å². The zero-order valence-corrected chi connectivity index (χ0v) is 14.3. The fraction of sp³-hybridized carbons (Fsp3) is 0.588. The van der Waals surface area contributed by atoms with Crippen LogP contribution in [0.3, 0.4) is 0 Å². The van der Waals surface area contributed by atoms with E-state index in [0.29, 0.717) is 26.3 Å². The molecule has 23 heavy (non-hydrogen) atoms. The average molecular weight is 338 g/mol. The molecule has 0 aliphatic carbocycles. The lowest BCUT2D eigenvalue weighted by atomic mass is 10.1. The molecule has 0 spiro atoms. The van der Waals surface area contributed by atoms with E-state index in [1.807, 2.05) is 30.0 Å². The van der Waals surface area contributed by atoms with Crippen LogP contribution in [0.25, 0.3) is 0 Å². The number of carbonyl (C=O) groups excluding carboxylic acids is 1. The van der Waals surface area contributed by atoms with Gasteiger partial charge in [0.2, 0.25) is 5.91 Å². The Hall–Kier alpha value is -1.30. The van der Waals surface area contributed by atoms with Gasteiger partial charge in [-0.15, -0.1) is 0 Å². The van der Waals surface area contributed by atoms with E-state index in [0.717, 1.165) is 36.9 Å². The Bertz CT molecular complexity index is 540. The monoisotopic (exact) mass is 337 g/mol. The number of halogens is 1. The molecule has 1 aromatic carbocycles. The number of hydrogen-bond acceptors (Lipinski definition) is 4. The van der Waals surface area contributed by atoms with Crippen molar-refractivity contribution in [2.45, 2.75) is 13.0 Å². The van der Waals surface area contributed by atoms with Gasteiger partial charge in [-0.05, 0) is 19.1 Å². The summed E-state index contributed by atoms with van der Waals surface area (Å²) in [5.74, 6) is 0.222. The van der Waals surface area contributed by atoms with Gasteiger partial charge < -0.3 is 14.5 Å². The summed E-state index contributed by atoms with van der Waals surface area (Å²) >= 11 is 6.28. The van der Waals surface area contributed by atoms with Gasteiger partial charge in [-0.2, -0.15) is 0 Å². The first-order valence-corrected chi connectivity index (χ1v) is 8.64. The molecule has 0 N–H and O–H groups in total. The van der Waals surface area contributed by atoms with Gasteiger partial charge in [0.05, 0.1) is 30.0 Å². The second kappa shape index (κ2) is 7.51. The van der Waals surface area contributed by atoms with Crippen molar-refractivity contribution in [1.82, 2.24) is 9.80 Å². The first-order chi connectivity index (χ1) is 11.2. The maximum absolute atomic E-state index is 12.6. The van der Waals surface area contributed by atoms with E-state index in [2.05, 4.69) is 15.9 Å². The topological polar surface area (TPSA) is 36.0 Å². The van der Waals surface area contributed by atoms with E-state index in [4.69, 9.17) is 16.3 Å². The number of para-hydroxylation sites is 1. The third kappa shape index (κ3) is 3.79. The first-order valence-electron chi connectivity index (χ1n) is 8.27. The SMILES string of the molecule is C[C@@H](C(=O)N1CCOCC1)N1CCN(c2ccccc2Cl)CC1. The predicted molar refractivity (Wildman–Crippen MR) is 92.1 cm³/mol. The molecule has 126 valence electrons. The maximum Gasteiger partial charge on any atom is 0.239 e. The lowest BCUT2D eigenvalue weighted by Crippen LogP contribution is -2.56. The number of rotatable bonds is 3. The van der Waals surface area contributed by atoms with Crippen molar-refractivity contribution in [2.75, 3.05) is 57.4 Å². The van der Waals surface area contributed by atoms with Crippen molar-refractivity contribution in [3.05, 3.63) is 29.3 Å². The Morgan fingerprint density at radius 2 is 1.74 bits per heavy atom. The van der Waals surface area contributed by atoms with Crippen molar-refractivity contribution in [3.63, 3.8) is 0 Å². The second-order valence-electron chi connectivity index (χ2n) is 6.09. The van der Waals surface area contributed by atoms with Crippen LogP contribution < -0.4 is 4.90 Å². The van der Waals surface area contributed by atoms with Crippen LogP contribution in [-0.4, -0.2) is 74.2 Å². The van der Waals surface area contributed by atoms with Gasteiger partial charge in [-0.3, -0.25) is 9.69 Å². The Morgan fingerprint density at radius 3 is 2.39 bits per heavy atom. The minimum absolute atomic E-state index is 0.0681. The number of hydrogen-bond donors (Lipinski definition) is 0. The number of amides is 1. The van der Waals surface area contributed by atoms with Crippen molar-refractivity contribution in [1.29, 1.82) is 0 Å². The molecule has 2 aliphatic heterocycles. The average Bonchev–Trinajstić information content (AvgIpc) is 2.62. The lowest BCUT2D eigenvalue weighted by Gasteiger charge is -2.40. The molecule has 5 nitrogen and oxygen atoms in total. The molecule has 1 amide bonds. The minimum Gasteiger partial charge on any atom is -0.378 e. The Kier molecular flexibility index (Phi) is 5.41. The van der Waals surface area contributed by atoms with Crippen molar-refractivity contribution in [3.8, 4) is 0 Å². The Balaban J connectivity index is 1.56. The molecule has 2 heterocycles. The molecular formula is C17H24ClN3O2. The van der Waals surface area contributed by atoms with Crippen molar-refractivity contribution < 1.29 is 9.53 Å². The summed E-state index contributed by atoms with van der Waals surface area (Å²) in [6, 6.07) is 7.87. The van der Waals surface area contributed by atoms with Gasteiger partial charge in [0.1, 0.15) is 0 Å². The third-order valence-corrected chi connectivity index (χ3v) is 5.05. The standard InChI is InChI=1S/C17H24ClN3O2/c1-14(17(22)21-10-12-23-13-11-21)19-6-8-20(9-7-19)16-5-3-2-4-15(16)18/h2-5,14H,6-13H2,1H3/t14-/m0/s1. The summed E-state index contributed by atoms with van der Waals surface area (Å²) in [5, 5.41) is 0.790. The van der Waals surface area contributed by atoms with Gasteiger partial charge in [0.25, 0.3) is 0 Å². The number of ether oxygens (including phenoxy) is 1. The van der Waals surface area contributed by atoms with E-state index in [-0.39, 0.29) is 11.9 Å². The number of carbonyl (C=O) groups is 1.